The summed E-state index contributed by atoms with van der Waals surface area (Å²) in [5, 5.41) is 3.74. The first-order valence-corrected chi connectivity index (χ1v) is 8.40. The van der Waals surface area contributed by atoms with Gasteiger partial charge in [0.05, 0.1) is 0 Å². The highest BCUT2D eigenvalue weighted by Crippen LogP contribution is 2.32. The van der Waals surface area contributed by atoms with Gasteiger partial charge in [0.15, 0.2) is 0 Å². The summed E-state index contributed by atoms with van der Waals surface area (Å²) in [6.07, 6.45) is 5.72. The van der Waals surface area contributed by atoms with Crippen LogP contribution in [0.1, 0.15) is 46.5 Å². The van der Waals surface area contributed by atoms with E-state index in [4.69, 9.17) is 0 Å². The summed E-state index contributed by atoms with van der Waals surface area (Å²) in [6, 6.07) is 3.09. The van der Waals surface area contributed by atoms with Gasteiger partial charge in [-0.25, -0.2) is 0 Å². The molecule has 3 nitrogen and oxygen atoms in total. The van der Waals surface area contributed by atoms with Crippen molar-refractivity contribution in [2.45, 2.75) is 70.6 Å². The van der Waals surface area contributed by atoms with Gasteiger partial charge in [-0.3, -0.25) is 9.80 Å². The van der Waals surface area contributed by atoms with Gasteiger partial charge in [0.1, 0.15) is 0 Å². The summed E-state index contributed by atoms with van der Waals surface area (Å²) in [5.41, 5.74) is 0. The molecule has 1 N–H and O–H groups in total. The van der Waals surface area contributed by atoms with E-state index in [-0.39, 0.29) is 0 Å². The molecule has 0 amide bonds. The third-order valence-corrected chi connectivity index (χ3v) is 5.70. The first-order chi connectivity index (χ1) is 9.16. The van der Waals surface area contributed by atoms with E-state index < -0.39 is 0 Å². The third-order valence-electron chi connectivity index (χ3n) is 5.70. The molecule has 4 atom stereocenters. The van der Waals surface area contributed by atoms with Crippen LogP contribution in [0.25, 0.3) is 0 Å². The molecule has 3 aliphatic heterocycles. The molecule has 110 valence electrons. The van der Waals surface area contributed by atoms with Gasteiger partial charge < -0.3 is 5.32 Å². The van der Waals surface area contributed by atoms with Gasteiger partial charge in [-0.05, 0) is 38.6 Å². The molecule has 3 heteroatoms. The SMILES string of the molecule is CC(C)C1CN(C2CCN3CCCCC23)C(C)CN1. The zero-order chi connectivity index (χ0) is 13.4. The Morgan fingerprint density at radius 2 is 1.89 bits per heavy atom. The molecular formula is C16H31N3. The van der Waals surface area contributed by atoms with Gasteiger partial charge in [-0.1, -0.05) is 20.3 Å². The average molecular weight is 265 g/mol. The van der Waals surface area contributed by atoms with Crippen molar-refractivity contribution in [3.05, 3.63) is 0 Å². The molecule has 3 saturated heterocycles. The molecule has 3 aliphatic rings. The van der Waals surface area contributed by atoms with E-state index >= 15 is 0 Å². The summed E-state index contributed by atoms with van der Waals surface area (Å²) >= 11 is 0. The molecule has 19 heavy (non-hydrogen) atoms. The molecule has 4 unspecified atom stereocenters. The lowest BCUT2D eigenvalue weighted by Crippen LogP contribution is -2.62. The van der Waals surface area contributed by atoms with Crippen molar-refractivity contribution in [3.63, 3.8) is 0 Å². The highest BCUT2D eigenvalue weighted by molar-refractivity contribution is 4.99. The summed E-state index contributed by atoms with van der Waals surface area (Å²) < 4.78 is 0. The van der Waals surface area contributed by atoms with Crippen molar-refractivity contribution in [3.8, 4) is 0 Å². The molecule has 0 spiro atoms. The largest absolute Gasteiger partial charge is 0.311 e. The molecule has 0 aliphatic carbocycles. The van der Waals surface area contributed by atoms with Crippen LogP contribution in [0, 0.1) is 5.92 Å². The number of rotatable bonds is 2. The molecule has 3 heterocycles. The molecule has 0 aromatic heterocycles. The van der Waals surface area contributed by atoms with Gasteiger partial charge in [-0.2, -0.15) is 0 Å². The van der Waals surface area contributed by atoms with Crippen molar-refractivity contribution >= 4 is 0 Å². The Kier molecular flexibility index (Phi) is 4.16. The Morgan fingerprint density at radius 1 is 1.05 bits per heavy atom. The minimum Gasteiger partial charge on any atom is -0.311 e. The van der Waals surface area contributed by atoms with E-state index in [2.05, 4.69) is 35.9 Å². The van der Waals surface area contributed by atoms with Crippen LogP contribution in [0.4, 0.5) is 0 Å². The second-order valence-corrected chi connectivity index (χ2v) is 7.26. The molecule has 0 aromatic carbocycles. The molecule has 3 fully saturated rings. The van der Waals surface area contributed by atoms with Crippen LogP contribution in [0.5, 0.6) is 0 Å². The smallest absolute Gasteiger partial charge is 0.0267 e. The number of hydrogen-bond donors (Lipinski definition) is 1. The van der Waals surface area contributed by atoms with Crippen molar-refractivity contribution < 1.29 is 0 Å². The highest BCUT2D eigenvalue weighted by Gasteiger charge is 2.42. The standard InChI is InChI=1S/C16H31N3/c1-12(2)14-11-19(13(3)10-17-14)16-7-9-18-8-5-4-6-15(16)18/h12-17H,4-11H2,1-3H3. The molecule has 0 saturated carbocycles. The lowest BCUT2D eigenvalue weighted by atomic mass is 9.93. The Labute approximate surface area is 118 Å². The molecular weight excluding hydrogens is 234 g/mol. The minimum absolute atomic E-state index is 0.689. The van der Waals surface area contributed by atoms with Crippen molar-refractivity contribution in [1.82, 2.24) is 15.1 Å². The Balaban J connectivity index is 1.69. The van der Waals surface area contributed by atoms with Gasteiger partial charge in [0.25, 0.3) is 0 Å². The maximum absolute atomic E-state index is 3.74. The summed E-state index contributed by atoms with van der Waals surface area (Å²) in [4.78, 5) is 5.62. The van der Waals surface area contributed by atoms with Gasteiger partial charge in [0, 0.05) is 43.8 Å². The summed E-state index contributed by atoms with van der Waals surface area (Å²) in [7, 11) is 0. The van der Waals surface area contributed by atoms with Crippen LogP contribution in [-0.2, 0) is 0 Å². The topological polar surface area (TPSA) is 18.5 Å². The molecule has 0 radical (unpaired) electrons. The van der Waals surface area contributed by atoms with Crippen LogP contribution in [0.2, 0.25) is 0 Å². The maximum atomic E-state index is 3.74. The second kappa shape index (κ2) is 5.71. The first kappa shape index (κ1) is 13.8. The number of hydrogen-bond acceptors (Lipinski definition) is 3. The zero-order valence-corrected chi connectivity index (χ0v) is 12.9. The third kappa shape index (κ3) is 2.70. The highest BCUT2D eigenvalue weighted by atomic mass is 15.3. The van der Waals surface area contributed by atoms with Gasteiger partial charge in [-0.15, -0.1) is 0 Å². The van der Waals surface area contributed by atoms with Crippen LogP contribution < -0.4 is 5.32 Å². The van der Waals surface area contributed by atoms with Crippen LogP contribution in [0.3, 0.4) is 0 Å². The number of nitrogens with one attached hydrogen (secondary N) is 1. The predicted octanol–water partition coefficient (Wildman–Crippen LogP) is 1.93. The van der Waals surface area contributed by atoms with Gasteiger partial charge >= 0.3 is 0 Å². The number of piperazine rings is 1. The van der Waals surface area contributed by atoms with E-state index in [0.29, 0.717) is 12.1 Å². The predicted molar refractivity (Wildman–Crippen MR) is 80.4 cm³/mol. The fourth-order valence-corrected chi connectivity index (χ4v) is 4.43. The molecule has 3 rings (SSSR count). The van der Waals surface area contributed by atoms with E-state index in [9.17, 15) is 0 Å². The van der Waals surface area contributed by atoms with E-state index in [1.54, 1.807) is 0 Å². The van der Waals surface area contributed by atoms with Crippen molar-refractivity contribution in [2.24, 2.45) is 5.92 Å². The summed E-state index contributed by atoms with van der Waals surface area (Å²) in [6.45, 7) is 12.3. The number of fused-ring (bicyclic) bond motifs is 1. The normalized spacial score (nSPS) is 41.7. The Morgan fingerprint density at radius 3 is 2.68 bits per heavy atom. The van der Waals surface area contributed by atoms with Crippen LogP contribution in [0.15, 0.2) is 0 Å². The maximum Gasteiger partial charge on any atom is 0.0267 e. The number of piperidine rings is 1. The number of nitrogens with zero attached hydrogens (tertiary/aromatic N) is 2. The quantitative estimate of drug-likeness (QED) is 0.823. The van der Waals surface area contributed by atoms with Gasteiger partial charge in [0.2, 0.25) is 0 Å². The Hall–Kier alpha value is -0.120. The summed E-state index contributed by atoms with van der Waals surface area (Å²) in [5.74, 6) is 0.749. The fourth-order valence-electron chi connectivity index (χ4n) is 4.43. The van der Waals surface area contributed by atoms with Crippen molar-refractivity contribution in [1.29, 1.82) is 0 Å². The molecule has 0 bridgehead atoms. The zero-order valence-electron chi connectivity index (χ0n) is 12.9. The van der Waals surface area contributed by atoms with Crippen molar-refractivity contribution in [2.75, 3.05) is 26.2 Å². The van der Waals surface area contributed by atoms with E-state index in [1.165, 1.54) is 51.9 Å². The van der Waals surface area contributed by atoms with E-state index in [1.807, 2.05) is 0 Å². The minimum atomic E-state index is 0.689. The lowest BCUT2D eigenvalue weighted by molar-refractivity contribution is 0.0477. The van der Waals surface area contributed by atoms with Crippen LogP contribution >= 0.6 is 0 Å². The molecule has 0 aromatic rings. The monoisotopic (exact) mass is 265 g/mol. The first-order valence-electron chi connectivity index (χ1n) is 8.40. The van der Waals surface area contributed by atoms with Crippen LogP contribution in [-0.4, -0.2) is 60.1 Å². The van der Waals surface area contributed by atoms with E-state index in [0.717, 1.165) is 18.0 Å². The fraction of sp³-hybridized carbons (Fsp3) is 1.00. The Bertz CT molecular complexity index is 304. The second-order valence-electron chi connectivity index (χ2n) is 7.26. The average Bonchev–Trinajstić information content (AvgIpc) is 2.83. The lowest BCUT2D eigenvalue weighted by Gasteiger charge is -2.46.